The average molecular weight is 248 g/mol. The van der Waals surface area contributed by atoms with Crippen LogP contribution >= 0.6 is 0 Å². The second-order valence-electron chi connectivity index (χ2n) is 4.83. The summed E-state index contributed by atoms with van der Waals surface area (Å²) >= 11 is 0. The van der Waals surface area contributed by atoms with Crippen LogP contribution in [0.25, 0.3) is 0 Å². The highest BCUT2D eigenvalue weighted by Gasteiger charge is 2.17. The Morgan fingerprint density at radius 3 is 2.67 bits per heavy atom. The molecule has 18 heavy (non-hydrogen) atoms. The molecule has 0 aromatic heterocycles. The van der Waals surface area contributed by atoms with Crippen molar-refractivity contribution in [3.8, 4) is 0 Å². The lowest BCUT2D eigenvalue weighted by molar-refractivity contribution is -0.134. The Hall–Kier alpha value is -1.35. The van der Waals surface area contributed by atoms with E-state index in [1.807, 2.05) is 37.9 Å². The van der Waals surface area contributed by atoms with Gasteiger partial charge in [0, 0.05) is 26.1 Å². The minimum absolute atomic E-state index is 0.0268. The van der Waals surface area contributed by atoms with Gasteiger partial charge < -0.3 is 10.2 Å². The molecule has 3 nitrogen and oxygen atoms in total. The molecule has 1 aromatic rings. The molecule has 0 saturated carbocycles. The van der Waals surface area contributed by atoms with Crippen LogP contribution in [0.2, 0.25) is 0 Å². The fraction of sp³-hybridized carbons (Fsp3) is 0.533. The van der Waals surface area contributed by atoms with Crippen LogP contribution in [0.1, 0.15) is 25.0 Å². The van der Waals surface area contributed by atoms with Gasteiger partial charge in [0.1, 0.15) is 0 Å². The molecule has 0 saturated heterocycles. The van der Waals surface area contributed by atoms with Gasteiger partial charge in [-0.2, -0.15) is 0 Å². The van der Waals surface area contributed by atoms with Crippen molar-refractivity contribution in [2.45, 2.75) is 27.3 Å². The molecule has 0 spiro atoms. The maximum Gasteiger partial charge on any atom is 0.226 e. The summed E-state index contributed by atoms with van der Waals surface area (Å²) in [4.78, 5) is 14.0. The fourth-order valence-corrected chi connectivity index (χ4v) is 1.95. The van der Waals surface area contributed by atoms with Gasteiger partial charge in [-0.1, -0.05) is 38.1 Å². The average Bonchev–Trinajstić information content (AvgIpc) is 2.37. The smallest absolute Gasteiger partial charge is 0.226 e. The van der Waals surface area contributed by atoms with Crippen LogP contribution in [0.5, 0.6) is 0 Å². The zero-order chi connectivity index (χ0) is 13.5. The quantitative estimate of drug-likeness (QED) is 0.837. The van der Waals surface area contributed by atoms with E-state index >= 15 is 0 Å². The summed E-state index contributed by atoms with van der Waals surface area (Å²) in [6.07, 6.45) is 0. The normalized spacial score (nSPS) is 12.2. The first-order chi connectivity index (χ1) is 8.56. The van der Waals surface area contributed by atoms with E-state index in [4.69, 9.17) is 0 Å². The molecule has 1 aromatic carbocycles. The summed E-state index contributed by atoms with van der Waals surface area (Å²) in [5.41, 5.74) is 2.44. The van der Waals surface area contributed by atoms with Gasteiger partial charge in [0.15, 0.2) is 0 Å². The Morgan fingerprint density at radius 2 is 2.06 bits per heavy atom. The number of hydrogen-bond donors (Lipinski definition) is 1. The minimum atomic E-state index is 0.0268. The van der Waals surface area contributed by atoms with Crippen molar-refractivity contribution in [2.75, 3.05) is 20.1 Å². The van der Waals surface area contributed by atoms with Gasteiger partial charge in [0.2, 0.25) is 5.91 Å². The number of nitrogens with one attached hydrogen (secondary N) is 1. The molecular weight excluding hydrogens is 224 g/mol. The lowest BCUT2D eigenvalue weighted by Gasteiger charge is -2.22. The zero-order valence-electron chi connectivity index (χ0n) is 11.9. The summed E-state index contributed by atoms with van der Waals surface area (Å²) < 4.78 is 0. The van der Waals surface area contributed by atoms with E-state index in [9.17, 15) is 4.79 Å². The lowest BCUT2D eigenvalue weighted by Crippen LogP contribution is -2.36. The summed E-state index contributed by atoms with van der Waals surface area (Å²) in [7, 11) is 1.87. The summed E-state index contributed by atoms with van der Waals surface area (Å²) in [5, 5.41) is 3.21. The first-order valence-corrected chi connectivity index (χ1v) is 6.56. The Balaban J connectivity index is 2.57. The molecule has 0 bridgehead atoms. The van der Waals surface area contributed by atoms with Gasteiger partial charge in [0.05, 0.1) is 0 Å². The Bertz CT molecular complexity index is 390. The molecule has 1 atom stereocenters. The topological polar surface area (TPSA) is 32.3 Å². The van der Waals surface area contributed by atoms with Crippen molar-refractivity contribution in [1.82, 2.24) is 10.2 Å². The number of carbonyl (C=O) groups excluding carboxylic acids is 1. The number of rotatable bonds is 6. The van der Waals surface area contributed by atoms with E-state index in [1.54, 1.807) is 0 Å². The van der Waals surface area contributed by atoms with Crippen molar-refractivity contribution < 1.29 is 4.79 Å². The highest BCUT2D eigenvalue weighted by Crippen LogP contribution is 2.11. The van der Waals surface area contributed by atoms with E-state index in [-0.39, 0.29) is 11.8 Å². The van der Waals surface area contributed by atoms with Gasteiger partial charge >= 0.3 is 0 Å². The standard InChI is InChI=1S/C15H24N2O/c1-5-16-10-13(3)15(18)17(4)11-14-9-7-6-8-12(14)2/h6-9,13,16H,5,10-11H2,1-4H3. The van der Waals surface area contributed by atoms with Gasteiger partial charge in [-0.05, 0) is 24.6 Å². The van der Waals surface area contributed by atoms with Crippen LogP contribution in [0.3, 0.4) is 0 Å². The highest BCUT2D eigenvalue weighted by molar-refractivity contribution is 5.78. The monoisotopic (exact) mass is 248 g/mol. The zero-order valence-corrected chi connectivity index (χ0v) is 11.9. The van der Waals surface area contributed by atoms with E-state index in [1.165, 1.54) is 11.1 Å². The van der Waals surface area contributed by atoms with Crippen molar-refractivity contribution >= 4 is 5.91 Å². The molecule has 3 heteroatoms. The van der Waals surface area contributed by atoms with Crippen LogP contribution in [0, 0.1) is 12.8 Å². The Kier molecular flexibility index (Phi) is 5.86. The van der Waals surface area contributed by atoms with Crippen LogP contribution < -0.4 is 5.32 Å². The number of carbonyl (C=O) groups is 1. The third-order valence-electron chi connectivity index (χ3n) is 3.17. The maximum atomic E-state index is 12.2. The Labute approximate surface area is 110 Å². The van der Waals surface area contributed by atoms with Crippen LogP contribution in [0.15, 0.2) is 24.3 Å². The van der Waals surface area contributed by atoms with E-state index in [0.717, 1.165) is 13.1 Å². The fourth-order valence-electron chi connectivity index (χ4n) is 1.95. The van der Waals surface area contributed by atoms with Crippen molar-refractivity contribution in [1.29, 1.82) is 0 Å². The van der Waals surface area contributed by atoms with Crippen molar-refractivity contribution in [3.63, 3.8) is 0 Å². The summed E-state index contributed by atoms with van der Waals surface area (Å²) in [5.74, 6) is 0.221. The van der Waals surface area contributed by atoms with Gasteiger partial charge in [-0.3, -0.25) is 4.79 Å². The minimum Gasteiger partial charge on any atom is -0.341 e. The molecule has 1 N–H and O–H groups in total. The van der Waals surface area contributed by atoms with E-state index in [0.29, 0.717) is 6.54 Å². The molecule has 0 aliphatic heterocycles. The van der Waals surface area contributed by atoms with E-state index in [2.05, 4.69) is 24.4 Å². The highest BCUT2D eigenvalue weighted by atomic mass is 16.2. The SMILES string of the molecule is CCNCC(C)C(=O)N(C)Cc1ccccc1C. The summed E-state index contributed by atoms with van der Waals surface area (Å²) in [6, 6.07) is 8.20. The largest absolute Gasteiger partial charge is 0.341 e. The molecule has 0 radical (unpaired) electrons. The second-order valence-corrected chi connectivity index (χ2v) is 4.83. The molecule has 0 heterocycles. The number of aryl methyl sites for hydroxylation is 1. The van der Waals surface area contributed by atoms with Crippen LogP contribution in [-0.2, 0) is 11.3 Å². The second kappa shape index (κ2) is 7.17. The molecule has 0 fully saturated rings. The molecule has 0 aliphatic carbocycles. The molecule has 100 valence electrons. The third kappa shape index (κ3) is 4.15. The first-order valence-electron chi connectivity index (χ1n) is 6.56. The maximum absolute atomic E-state index is 12.2. The first kappa shape index (κ1) is 14.7. The van der Waals surface area contributed by atoms with Gasteiger partial charge in [0.25, 0.3) is 0 Å². The summed E-state index contributed by atoms with van der Waals surface area (Å²) in [6.45, 7) is 8.43. The van der Waals surface area contributed by atoms with Gasteiger partial charge in [-0.25, -0.2) is 0 Å². The molecular formula is C15H24N2O. The predicted octanol–water partition coefficient (Wildman–Crippen LogP) is 2.20. The number of amides is 1. The van der Waals surface area contributed by atoms with Crippen molar-refractivity contribution in [3.05, 3.63) is 35.4 Å². The van der Waals surface area contributed by atoms with E-state index < -0.39 is 0 Å². The predicted molar refractivity (Wildman–Crippen MR) is 75.4 cm³/mol. The molecule has 1 unspecified atom stereocenters. The van der Waals surface area contributed by atoms with Gasteiger partial charge in [-0.15, -0.1) is 0 Å². The molecule has 0 aliphatic rings. The molecule has 1 rings (SSSR count). The molecule has 1 amide bonds. The number of nitrogens with zero attached hydrogens (tertiary/aromatic N) is 1. The van der Waals surface area contributed by atoms with Crippen LogP contribution in [0.4, 0.5) is 0 Å². The third-order valence-corrected chi connectivity index (χ3v) is 3.17. The number of benzene rings is 1. The lowest BCUT2D eigenvalue weighted by atomic mass is 10.1. The van der Waals surface area contributed by atoms with Crippen LogP contribution in [-0.4, -0.2) is 30.9 Å². The Morgan fingerprint density at radius 1 is 1.39 bits per heavy atom. The number of hydrogen-bond acceptors (Lipinski definition) is 2. The van der Waals surface area contributed by atoms with Crippen molar-refractivity contribution in [2.24, 2.45) is 5.92 Å².